The topological polar surface area (TPSA) is 80.7 Å². The highest BCUT2D eigenvalue weighted by atomic mass is 16.5. The molecule has 6 unspecified atom stereocenters. The standard InChI is InChI=1S/C25H26O3.C18H22O2/c1-25-14-13-20-19-10-8-18(28-24(27)16-5-3-2-4-6-16)15-17(19)7-9-21(20)22(25)11-12-23(25)26;1-18-9-8-14-13-5-3-12(19)10-11(13)2-4-15(14)16(18)6-7-17(18)20/h2-6,8,10,15,20-22H,7,9,11-14H2,1H3;3,5,10,14-16,19H,2,4,6-9H2,1H3/t20?,21?,22?,25-;14?,15?,16?,18-/m00/s1. The second kappa shape index (κ2) is 12.0. The van der Waals surface area contributed by atoms with E-state index in [4.69, 9.17) is 4.74 Å². The number of carbonyl (C=O) groups is 3. The smallest absolute Gasteiger partial charge is 0.343 e. The summed E-state index contributed by atoms with van der Waals surface area (Å²) < 4.78 is 5.62. The van der Waals surface area contributed by atoms with Gasteiger partial charge in [-0.05, 0) is 158 Å². The van der Waals surface area contributed by atoms with Crippen LogP contribution in [0.1, 0.15) is 123 Å². The number of fused-ring (bicyclic) bond motifs is 10. The third-order valence-electron chi connectivity index (χ3n) is 14.0. The van der Waals surface area contributed by atoms with Crippen LogP contribution < -0.4 is 4.74 Å². The van der Waals surface area contributed by atoms with E-state index >= 15 is 0 Å². The zero-order valence-electron chi connectivity index (χ0n) is 28.4. The lowest BCUT2D eigenvalue weighted by atomic mass is 9.55. The number of phenols is 1. The van der Waals surface area contributed by atoms with Crippen LogP contribution in [0.5, 0.6) is 11.5 Å². The Morgan fingerprint density at radius 2 is 1.21 bits per heavy atom. The molecular weight excluding hydrogens is 596 g/mol. The quantitative estimate of drug-likeness (QED) is 0.222. The van der Waals surface area contributed by atoms with Crippen molar-refractivity contribution in [2.45, 2.75) is 103 Å². The molecule has 8 atom stereocenters. The van der Waals surface area contributed by atoms with Crippen molar-refractivity contribution < 1.29 is 24.2 Å². The van der Waals surface area contributed by atoms with Crippen LogP contribution in [0.2, 0.25) is 0 Å². The van der Waals surface area contributed by atoms with E-state index in [0.29, 0.717) is 64.1 Å². The Hall–Kier alpha value is -3.73. The maximum atomic E-state index is 12.5. The molecule has 6 aliphatic carbocycles. The molecule has 0 aromatic heterocycles. The zero-order chi connectivity index (χ0) is 33.2. The van der Waals surface area contributed by atoms with Crippen LogP contribution in [-0.4, -0.2) is 22.6 Å². The Morgan fingerprint density at radius 1 is 0.667 bits per heavy atom. The fourth-order valence-electron chi connectivity index (χ4n) is 11.5. The molecule has 3 aromatic carbocycles. The minimum absolute atomic E-state index is 0.0322. The first-order valence-corrected chi connectivity index (χ1v) is 18.4. The second-order valence-corrected chi connectivity index (χ2v) is 16.2. The number of benzene rings is 3. The fraction of sp³-hybridized carbons (Fsp3) is 0.512. The number of hydrogen-bond acceptors (Lipinski definition) is 5. The normalized spacial score (nSPS) is 34.3. The predicted molar refractivity (Wildman–Crippen MR) is 185 cm³/mol. The Bertz CT molecular complexity index is 1760. The molecule has 0 bridgehead atoms. The van der Waals surface area contributed by atoms with Crippen LogP contribution in [0.25, 0.3) is 0 Å². The molecule has 0 saturated heterocycles. The van der Waals surface area contributed by atoms with E-state index in [1.165, 1.54) is 28.7 Å². The molecular formula is C43H48O5. The maximum absolute atomic E-state index is 12.5. The predicted octanol–water partition coefficient (Wildman–Crippen LogP) is 9.15. The van der Waals surface area contributed by atoms with Gasteiger partial charge >= 0.3 is 5.97 Å². The number of aromatic hydroxyl groups is 1. The molecule has 0 spiro atoms. The third kappa shape index (κ3) is 5.15. The molecule has 6 aliphatic rings. The van der Waals surface area contributed by atoms with Gasteiger partial charge in [0.15, 0.2) is 0 Å². The number of aryl methyl sites for hydroxylation is 2. The van der Waals surface area contributed by atoms with Crippen LogP contribution in [0.3, 0.4) is 0 Å². The first-order valence-electron chi connectivity index (χ1n) is 18.4. The molecule has 1 N–H and O–H groups in total. The van der Waals surface area contributed by atoms with Gasteiger partial charge in [0.05, 0.1) is 5.56 Å². The van der Waals surface area contributed by atoms with Crippen LogP contribution in [0.4, 0.5) is 0 Å². The van der Waals surface area contributed by atoms with Gasteiger partial charge in [-0.3, -0.25) is 9.59 Å². The molecule has 0 aliphatic heterocycles. The summed E-state index contributed by atoms with van der Waals surface area (Å²) in [5, 5.41) is 9.67. The average molecular weight is 645 g/mol. The van der Waals surface area contributed by atoms with Gasteiger partial charge in [-0.25, -0.2) is 4.79 Å². The van der Waals surface area contributed by atoms with Crippen molar-refractivity contribution in [2.24, 2.45) is 34.5 Å². The number of phenolic OH excluding ortho intramolecular Hbond substituents is 1. The molecule has 5 heteroatoms. The van der Waals surface area contributed by atoms with Crippen molar-refractivity contribution in [3.05, 3.63) is 94.5 Å². The first kappa shape index (κ1) is 31.5. The molecule has 0 heterocycles. The summed E-state index contributed by atoms with van der Waals surface area (Å²) in [5.41, 5.74) is 5.96. The maximum Gasteiger partial charge on any atom is 0.343 e. The van der Waals surface area contributed by atoms with Crippen molar-refractivity contribution in [3.63, 3.8) is 0 Å². The molecule has 9 rings (SSSR count). The Labute approximate surface area is 284 Å². The summed E-state index contributed by atoms with van der Waals surface area (Å²) in [4.78, 5) is 37.1. The lowest BCUT2D eigenvalue weighted by molar-refractivity contribution is -0.130. The van der Waals surface area contributed by atoms with Gasteiger partial charge < -0.3 is 9.84 Å². The van der Waals surface area contributed by atoms with Gasteiger partial charge in [0.2, 0.25) is 0 Å². The van der Waals surface area contributed by atoms with E-state index in [0.717, 1.165) is 70.6 Å². The lowest BCUT2D eigenvalue weighted by Gasteiger charge is -2.48. The Balaban J connectivity index is 0.000000148. The van der Waals surface area contributed by atoms with E-state index in [1.54, 1.807) is 12.1 Å². The Morgan fingerprint density at radius 3 is 1.79 bits per heavy atom. The molecule has 4 saturated carbocycles. The summed E-state index contributed by atoms with van der Waals surface area (Å²) in [5.74, 6) is 5.30. The van der Waals surface area contributed by atoms with Crippen molar-refractivity contribution in [1.82, 2.24) is 0 Å². The van der Waals surface area contributed by atoms with Crippen LogP contribution in [0, 0.1) is 34.5 Å². The number of esters is 1. The van der Waals surface area contributed by atoms with Crippen LogP contribution >= 0.6 is 0 Å². The summed E-state index contributed by atoms with van der Waals surface area (Å²) in [6, 6.07) is 21.2. The van der Waals surface area contributed by atoms with E-state index in [9.17, 15) is 19.5 Å². The van der Waals surface area contributed by atoms with E-state index < -0.39 is 0 Å². The average Bonchev–Trinajstić information content (AvgIpc) is 3.58. The number of ketones is 2. The van der Waals surface area contributed by atoms with Crippen molar-refractivity contribution in [2.75, 3.05) is 0 Å². The summed E-state index contributed by atoms with van der Waals surface area (Å²) in [7, 11) is 0. The van der Waals surface area contributed by atoms with Crippen LogP contribution in [0.15, 0.2) is 66.7 Å². The molecule has 250 valence electrons. The van der Waals surface area contributed by atoms with Gasteiger partial charge in [0.25, 0.3) is 0 Å². The number of rotatable bonds is 2. The van der Waals surface area contributed by atoms with E-state index in [2.05, 4.69) is 32.0 Å². The minimum Gasteiger partial charge on any atom is -0.508 e. The number of hydrogen-bond donors (Lipinski definition) is 1. The Kier molecular flexibility index (Phi) is 7.88. The van der Waals surface area contributed by atoms with Crippen molar-refractivity contribution >= 4 is 17.5 Å². The van der Waals surface area contributed by atoms with Crippen molar-refractivity contribution in [1.29, 1.82) is 0 Å². The minimum atomic E-state index is -0.313. The number of Topliss-reactive ketones (excluding diaryl/α,β-unsaturated/α-hetero) is 2. The van der Waals surface area contributed by atoms with Gasteiger partial charge in [-0.15, -0.1) is 0 Å². The number of ether oxygens (including phenoxy) is 1. The van der Waals surface area contributed by atoms with Gasteiger partial charge in [0.1, 0.15) is 23.1 Å². The number of carbonyl (C=O) groups excluding carboxylic acids is 3. The van der Waals surface area contributed by atoms with Gasteiger partial charge in [0, 0.05) is 23.7 Å². The highest BCUT2D eigenvalue weighted by Gasteiger charge is 2.55. The molecule has 5 nitrogen and oxygen atoms in total. The van der Waals surface area contributed by atoms with Crippen LogP contribution in [-0.2, 0) is 22.4 Å². The summed E-state index contributed by atoms with van der Waals surface area (Å²) in [6.45, 7) is 4.43. The fourth-order valence-corrected chi connectivity index (χ4v) is 11.5. The van der Waals surface area contributed by atoms with Crippen molar-refractivity contribution in [3.8, 4) is 11.5 Å². The molecule has 48 heavy (non-hydrogen) atoms. The first-order chi connectivity index (χ1) is 23.2. The second-order valence-electron chi connectivity index (χ2n) is 16.2. The molecule has 3 aromatic rings. The third-order valence-corrected chi connectivity index (χ3v) is 14.0. The van der Waals surface area contributed by atoms with Gasteiger partial charge in [-0.2, -0.15) is 0 Å². The summed E-state index contributed by atoms with van der Waals surface area (Å²) in [6.07, 6.45) is 12.4. The summed E-state index contributed by atoms with van der Waals surface area (Å²) >= 11 is 0. The largest absolute Gasteiger partial charge is 0.508 e. The van der Waals surface area contributed by atoms with Gasteiger partial charge in [-0.1, -0.05) is 44.2 Å². The highest BCUT2D eigenvalue weighted by Crippen LogP contribution is 2.61. The van der Waals surface area contributed by atoms with E-state index in [1.807, 2.05) is 36.4 Å². The molecule has 0 radical (unpaired) electrons. The highest BCUT2D eigenvalue weighted by molar-refractivity contribution is 5.91. The zero-order valence-corrected chi connectivity index (χ0v) is 28.4. The molecule has 4 fully saturated rings. The monoisotopic (exact) mass is 644 g/mol. The SMILES string of the molecule is C[C@]12CCC3c4ccc(O)cc4CCC3C1CCC2=O.C[C@]12CCC3c4ccc(OC(=O)c5ccccc5)cc4CCC3C1CCC2=O. The van der Waals surface area contributed by atoms with E-state index in [-0.39, 0.29) is 16.8 Å². The molecule has 0 amide bonds. The lowest BCUT2D eigenvalue weighted by Crippen LogP contribution is -2.42.